The first kappa shape index (κ1) is 13.3. The van der Waals surface area contributed by atoms with Gasteiger partial charge >= 0.3 is 5.97 Å². The number of aliphatic carboxylic acids is 1. The topological polar surface area (TPSA) is 127 Å². The zero-order chi connectivity index (χ0) is 13.8. The molecule has 0 fully saturated rings. The fourth-order valence-corrected chi connectivity index (χ4v) is 2.14. The van der Waals surface area contributed by atoms with Crippen LogP contribution in [0, 0.1) is 6.92 Å². The molecule has 2 aromatic rings. The van der Waals surface area contributed by atoms with Crippen LogP contribution in [0.2, 0.25) is 0 Å². The molecule has 1 atom stereocenters. The van der Waals surface area contributed by atoms with Crippen LogP contribution in [0.5, 0.6) is 0 Å². The van der Waals surface area contributed by atoms with Crippen molar-refractivity contribution in [3.8, 4) is 0 Å². The maximum Gasteiger partial charge on any atom is 0.320 e. The molecule has 4 N–H and O–H groups in total. The highest BCUT2D eigenvalue weighted by molar-refractivity contribution is 7.14. The van der Waals surface area contributed by atoms with Gasteiger partial charge < -0.3 is 16.2 Å². The van der Waals surface area contributed by atoms with Crippen molar-refractivity contribution >= 4 is 28.3 Å². The zero-order valence-electron chi connectivity index (χ0n) is 10.1. The van der Waals surface area contributed by atoms with Crippen molar-refractivity contribution in [2.45, 2.75) is 19.4 Å². The monoisotopic (exact) mass is 280 g/mol. The predicted octanol–water partition coefficient (Wildman–Crippen LogP) is 0.335. The fraction of sp³-hybridized carbons (Fsp3) is 0.300. The molecule has 0 spiro atoms. The first-order valence-corrected chi connectivity index (χ1v) is 6.29. The Morgan fingerprint density at radius 2 is 2.16 bits per heavy atom. The van der Waals surface area contributed by atoms with Crippen LogP contribution in [0.1, 0.15) is 11.4 Å². The quantitative estimate of drug-likeness (QED) is 0.715. The van der Waals surface area contributed by atoms with E-state index in [0.29, 0.717) is 11.8 Å². The molecule has 2 heterocycles. The van der Waals surface area contributed by atoms with E-state index < -0.39 is 12.0 Å². The normalized spacial score (nSPS) is 12.1. The summed E-state index contributed by atoms with van der Waals surface area (Å²) in [4.78, 5) is 10.7. The molecule has 1 unspecified atom stereocenters. The first-order valence-electron chi connectivity index (χ1n) is 5.41. The molecule has 0 aromatic carbocycles. The Kier molecular flexibility index (Phi) is 3.97. The van der Waals surface area contributed by atoms with Crippen LogP contribution in [-0.2, 0) is 11.2 Å². The van der Waals surface area contributed by atoms with E-state index in [9.17, 15) is 4.79 Å². The smallest absolute Gasteiger partial charge is 0.320 e. The van der Waals surface area contributed by atoms with Crippen molar-refractivity contribution in [3.63, 3.8) is 0 Å². The second-order valence-electron chi connectivity index (χ2n) is 3.86. The van der Waals surface area contributed by atoms with Crippen LogP contribution in [0.3, 0.4) is 0 Å². The lowest BCUT2D eigenvalue weighted by Gasteiger charge is -2.03. The maximum absolute atomic E-state index is 10.7. The minimum absolute atomic E-state index is 0.277. The molecule has 100 valence electrons. The largest absolute Gasteiger partial charge is 0.480 e. The van der Waals surface area contributed by atoms with Gasteiger partial charge in [0.15, 0.2) is 5.82 Å². The number of aromatic nitrogens is 4. The minimum Gasteiger partial charge on any atom is -0.480 e. The summed E-state index contributed by atoms with van der Waals surface area (Å²) in [6, 6.07) is 0.901. The van der Waals surface area contributed by atoms with Gasteiger partial charge in [0.2, 0.25) is 0 Å². The number of nitrogens with zero attached hydrogens (tertiary/aromatic N) is 4. The van der Waals surface area contributed by atoms with Gasteiger partial charge in [0.1, 0.15) is 6.04 Å². The number of carboxylic acids is 1. The highest BCUT2D eigenvalue weighted by Crippen LogP contribution is 2.23. The van der Waals surface area contributed by atoms with Gasteiger partial charge in [-0.1, -0.05) is 0 Å². The van der Waals surface area contributed by atoms with E-state index >= 15 is 0 Å². The molecule has 0 amide bonds. The van der Waals surface area contributed by atoms with Crippen molar-refractivity contribution in [2.75, 3.05) is 5.32 Å². The van der Waals surface area contributed by atoms with Gasteiger partial charge in [-0.05, 0) is 30.4 Å². The molecule has 0 aliphatic heterocycles. The highest BCUT2D eigenvalue weighted by atomic mass is 32.1. The highest BCUT2D eigenvalue weighted by Gasteiger charge is 2.13. The third-order valence-electron chi connectivity index (χ3n) is 2.24. The van der Waals surface area contributed by atoms with Gasteiger partial charge in [-0.25, -0.2) is 0 Å². The molecule has 0 saturated carbocycles. The van der Waals surface area contributed by atoms with Crippen LogP contribution in [0.4, 0.5) is 10.9 Å². The summed E-state index contributed by atoms with van der Waals surface area (Å²) >= 11 is 1.41. The van der Waals surface area contributed by atoms with Crippen LogP contribution in [0.25, 0.3) is 0 Å². The summed E-state index contributed by atoms with van der Waals surface area (Å²) in [6.07, 6.45) is 0.277. The predicted molar refractivity (Wildman–Crippen MR) is 69.3 cm³/mol. The summed E-state index contributed by atoms with van der Waals surface area (Å²) in [5.74, 6) is -0.234. The summed E-state index contributed by atoms with van der Waals surface area (Å²) < 4.78 is 0. The number of carbonyl (C=O) groups is 1. The standard InChI is InChI=1S/C10H12N6O2S/c1-5-13-15-10(16-14-5)12-8-3-6(4-19-8)2-7(11)9(17)18/h3-4,7H,2,11H2,1H3,(H,17,18)(H,12,15,16). The Balaban J connectivity index is 2.01. The Bertz CT molecular complexity index is 570. The Hall–Kier alpha value is -2.13. The molecule has 2 aromatic heterocycles. The van der Waals surface area contributed by atoms with Crippen LogP contribution in [0.15, 0.2) is 11.4 Å². The molecular formula is C10H12N6O2S. The lowest BCUT2D eigenvalue weighted by Crippen LogP contribution is -2.32. The molecule has 0 bridgehead atoms. The Morgan fingerprint density at radius 3 is 2.79 bits per heavy atom. The summed E-state index contributed by atoms with van der Waals surface area (Å²) in [5, 5.41) is 29.5. The number of thiophene rings is 1. The summed E-state index contributed by atoms with van der Waals surface area (Å²) in [5.41, 5.74) is 6.31. The van der Waals surface area contributed by atoms with Gasteiger partial charge in [0, 0.05) is 0 Å². The van der Waals surface area contributed by atoms with Crippen molar-refractivity contribution in [3.05, 3.63) is 22.8 Å². The van der Waals surface area contributed by atoms with E-state index in [1.54, 1.807) is 13.0 Å². The molecule has 19 heavy (non-hydrogen) atoms. The SMILES string of the molecule is Cc1nnc(Nc2cc(CC(N)C(=O)O)cs2)nn1. The molecule has 0 aliphatic carbocycles. The molecule has 0 saturated heterocycles. The zero-order valence-corrected chi connectivity index (χ0v) is 10.9. The number of hydrogen-bond donors (Lipinski definition) is 3. The number of aryl methyl sites for hydroxylation is 1. The fourth-order valence-electron chi connectivity index (χ4n) is 1.33. The Morgan fingerprint density at radius 1 is 1.47 bits per heavy atom. The van der Waals surface area contributed by atoms with Crippen LogP contribution >= 0.6 is 11.3 Å². The lowest BCUT2D eigenvalue weighted by atomic mass is 10.1. The average molecular weight is 280 g/mol. The van der Waals surface area contributed by atoms with E-state index in [-0.39, 0.29) is 6.42 Å². The van der Waals surface area contributed by atoms with Crippen molar-refractivity contribution < 1.29 is 9.90 Å². The summed E-state index contributed by atoms with van der Waals surface area (Å²) in [7, 11) is 0. The van der Waals surface area contributed by atoms with Gasteiger partial charge in [-0.2, -0.15) is 0 Å². The van der Waals surface area contributed by atoms with Crippen LogP contribution < -0.4 is 11.1 Å². The Labute approximate surface area is 112 Å². The van der Waals surface area contributed by atoms with Gasteiger partial charge in [0.05, 0.1) is 5.00 Å². The van der Waals surface area contributed by atoms with Gasteiger partial charge in [-0.3, -0.25) is 4.79 Å². The van der Waals surface area contributed by atoms with Crippen molar-refractivity contribution in [2.24, 2.45) is 5.73 Å². The second kappa shape index (κ2) is 5.67. The van der Waals surface area contributed by atoms with Crippen molar-refractivity contribution in [1.82, 2.24) is 20.4 Å². The number of anilines is 2. The number of hydrogen-bond acceptors (Lipinski definition) is 8. The van der Waals surface area contributed by atoms with E-state index in [4.69, 9.17) is 10.8 Å². The molecule has 9 heteroatoms. The average Bonchev–Trinajstić information content (AvgIpc) is 2.79. The van der Waals surface area contributed by atoms with E-state index in [0.717, 1.165) is 10.6 Å². The van der Waals surface area contributed by atoms with E-state index in [2.05, 4.69) is 25.7 Å². The van der Waals surface area contributed by atoms with Crippen LogP contribution in [-0.4, -0.2) is 37.5 Å². The third kappa shape index (κ3) is 3.66. The molecule has 0 radical (unpaired) electrons. The van der Waals surface area contributed by atoms with Gasteiger partial charge in [0.25, 0.3) is 5.95 Å². The molecule has 8 nitrogen and oxygen atoms in total. The number of carboxylic acid groups (broad SMARTS) is 1. The van der Waals surface area contributed by atoms with E-state index in [1.807, 2.05) is 5.38 Å². The van der Waals surface area contributed by atoms with Crippen molar-refractivity contribution in [1.29, 1.82) is 0 Å². The number of rotatable bonds is 5. The minimum atomic E-state index is -1.02. The molecule has 0 aliphatic rings. The third-order valence-corrected chi connectivity index (χ3v) is 3.13. The van der Waals surface area contributed by atoms with E-state index in [1.165, 1.54) is 11.3 Å². The second-order valence-corrected chi connectivity index (χ2v) is 4.78. The maximum atomic E-state index is 10.7. The van der Waals surface area contributed by atoms with Gasteiger partial charge in [-0.15, -0.1) is 31.7 Å². The number of nitrogens with one attached hydrogen (secondary N) is 1. The lowest BCUT2D eigenvalue weighted by molar-refractivity contribution is -0.138. The molecular weight excluding hydrogens is 268 g/mol. The summed E-state index contributed by atoms with van der Waals surface area (Å²) in [6.45, 7) is 1.69. The molecule has 2 rings (SSSR count). The first-order chi connectivity index (χ1) is 9.04. The number of nitrogens with two attached hydrogens (primary N) is 1.